The van der Waals surface area contributed by atoms with Crippen LogP contribution in [-0.4, -0.2) is 49.9 Å². The van der Waals surface area contributed by atoms with Gasteiger partial charge in [0.2, 0.25) is 12.7 Å². The Labute approximate surface area is 169 Å². The molecule has 7 nitrogen and oxygen atoms in total. The third-order valence-electron chi connectivity index (χ3n) is 5.15. The van der Waals surface area contributed by atoms with E-state index in [0.717, 1.165) is 23.3 Å². The number of benzene rings is 2. The third kappa shape index (κ3) is 4.62. The van der Waals surface area contributed by atoms with Crippen LogP contribution in [0.1, 0.15) is 29.9 Å². The van der Waals surface area contributed by atoms with Gasteiger partial charge in [0.05, 0.1) is 6.61 Å². The lowest BCUT2D eigenvalue weighted by Crippen LogP contribution is -2.42. The Morgan fingerprint density at radius 1 is 1.03 bits per heavy atom. The largest absolute Gasteiger partial charge is 0.454 e. The van der Waals surface area contributed by atoms with Crippen LogP contribution in [-0.2, 0) is 9.53 Å². The van der Waals surface area contributed by atoms with Gasteiger partial charge in [0, 0.05) is 32.0 Å². The molecule has 1 atom stereocenters. The zero-order valence-corrected chi connectivity index (χ0v) is 16.1. The Bertz CT molecular complexity index is 871. The summed E-state index contributed by atoms with van der Waals surface area (Å²) in [7, 11) is 0. The Kier molecular flexibility index (Phi) is 5.84. The SMILES string of the molecule is O=C(C[C@@H](c1ccccc1)c1ccc2c(c1)OCO2)NCCN1CCCOC1=O. The predicted octanol–water partition coefficient (Wildman–Crippen LogP) is 2.90. The first-order chi connectivity index (χ1) is 14.2. The van der Waals surface area contributed by atoms with Crippen molar-refractivity contribution in [3.8, 4) is 11.5 Å². The van der Waals surface area contributed by atoms with E-state index in [2.05, 4.69) is 5.32 Å². The maximum Gasteiger partial charge on any atom is 0.409 e. The molecule has 2 amide bonds. The van der Waals surface area contributed by atoms with Gasteiger partial charge in [0.15, 0.2) is 11.5 Å². The Balaban J connectivity index is 1.41. The molecule has 1 fully saturated rings. The number of carbonyl (C=O) groups excluding carboxylic acids is 2. The minimum Gasteiger partial charge on any atom is -0.454 e. The number of fused-ring (bicyclic) bond motifs is 1. The van der Waals surface area contributed by atoms with E-state index < -0.39 is 0 Å². The smallest absolute Gasteiger partial charge is 0.409 e. The number of nitrogens with one attached hydrogen (secondary N) is 1. The molecule has 1 saturated heterocycles. The van der Waals surface area contributed by atoms with Crippen molar-refractivity contribution in [1.29, 1.82) is 0 Å². The van der Waals surface area contributed by atoms with Crippen molar-refractivity contribution in [2.75, 3.05) is 33.0 Å². The molecule has 0 saturated carbocycles. The fourth-order valence-corrected chi connectivity index (χ4v) is 3.63. The van der Waals surface area contributed by atoms with Gasteiger partial charge in [-0.1, -0.05) is 36.4 Å². The number of cyclic esters (lactones) is 1. The van der Waals surface area contributed by atoms with Crippen molar-refractivity contribution < 1.29 is 23.8 Å². The molecule has 152 valence electrons. The van der Waals surface area contributed by atoms with Crippen LogP contribution in [0.3, 0.4) is 0 Å². The number of rotatable bonds is 7. The van der Waals surface area contributed by atoms with E-state index >= 15 is 0 Å². The topological polar surface area (TPSA) is 77.1 Å². The van der Waals surface area contributed by atoms with Crippen molar-refractivity contribution in [3.05, 3.63) is 59.7 Å². The summed E-state index contributed by atoms with van der Waals surface area (Å²) in [6.07, 6.45) is 0.807. The minimum atomic E-state index is -0.312. The van der Waals surface area contributed by atoms with Crippen molar-refractivity contribution >= 4 is 12.0 Å². The molecule has 2 aliphatic rings. The Morgan fingerprint density at radius 2 is 1.86 bits per heavy atom. The molecule has 0 aromatic heterocycles. The van der Waals surface area contributed by atoms with Crippen molar-refractivity contribution in [2.45, 2.75) is 18.8 Å². The highest BCUT2D eigenvalue weighted by Crippen LogP contribution is 2.37. The fraction of sp³-hybridized carbons (Fsp3) is 0.364. The fourth-order valence-electron chi connectivity index (χ4n) is 3.63. The van der Waals surface area contributed by atoms with Crippen LogP contribution in [0.4, 0.5) is 4.79 Å². The second kappa shape index (κ2) is 8.86. The molecular weight excluding hydrogens is 372 g/mol. The highest BCUT2D eigenvalue weighted by molar-refractivity contribution is 5.77. The molecule has 0 spiro atoms. The molecule has 7 heteroatoms. The van der Waals surface area contributed by atoms with Crippen molar-refractivity contribution in [3.63, 3.8) is 0 Å². The zero-order chi connectivity index (χ0) is 20.1. The molecule has 2 aromatic carbocycles. The summed E-state index contributed by atoms with van der Waals surface area (Å²) >= 11 is 0. The van der Waals surface area contributed by atoms with Crippen molar-refractivity contribution in [2.24, 2.45) is 0 Å². The van der Waals surface area contributed by atoms with Crippen LogP contribution >= 0.6 is 0 Å². The number of carbonyl (C=O) groups is 2. The van der Waals surface area contributed by atoms with E-state index in [1.807, 2.05) is 48.5 Å². The first kappa shape index (κ1) is 19.1. The quantitative estimate of drug-likeness (QED) is 0.779. The number of hydrogen-bond acceptors (Lipinski definition) is 5. The molecule has 29 heavy (non-hydrogen) atoms. The lowest BCUT2D eigenvalue weighted by molar-refractivity contribution is -0.121. The van der Waals surface area contributed by atoms with Crippen LogP contribution in [0.2, 0.25) is 0 Å². The first-order valence-corrected chi connectivity index (χ1v) is 9.83. The number of ether oxygens (including phenoxy) is 3. The van der Waals surface area contributed by atoms with E-state index in [9.17, 15) is 9.59 Å². The molecule has 1 N–H and O–H groups in total. The van der Waals surface area contributed by atoms with Crippen LogP contribution in [0, 0.1) is 0 Å². The molecule has 2 heterocycles. The molecule has 0 aliphatic carbocycles. The maximum atomic E-state index is 12.7. The van der Waals surface area contributed by atoms with Gasteiger partial charge < -0.3 is 24.4 Å². The summed E-state index contributed by atoms with van der Waals surface area (Å²) in [5.41, 5.74) is 2.05. The molecule has 0 bridgehead atoms. The highest BCUT2D eigenvalue weighted by Gasteiger charge is 2.23. The van der Waals surface area contributed by atoms with E-state index in [-0.39, 0.29) is 24.7 Å². The summed E-state index contributed by atoms with van der Waals surface area (Å²) in [4.78, 5) is 26.0. The van der Waals surface area contributed by atoms with E-state index in [4.69, 9.17) is 14.2 Å². The second-order valence-corrected chi connectivity index (χ2v) is 7.09. The molecule has 2 aliphatic heterocycles. The predicted molar refractivity (Wildman–Crippen MR) is 106 cm³/mol. The van der Waals surface area contributed by atoms with E-state index in [1.165, 1.54) is 0 Å². The van der Waals surface area contributed by atoms with Gasteiger partial charge in [0.1, 0.15) is 0 Å². The Hall–Kier alpha value is -3.22. The third-order valence-corrected chi connectivity index (χ3v) is 5.15. The van der Waals surface area contributed by atoms with Gasteiger partial charge in [-0.2, -0.15) is 0 Å². The lowest BCUT2D eigenvalue weighted by Gasteiger charge is -2.26. The normalized spacial score (nSPS) is 16.3. The van der Waals surface area contributed by atoms with Gasteiger partial charge in [-0.05, 0) is 29.7 Å². The number of amides is 2. The van der Waals surface area contributed by atoms with Crippen LogP contribution < -0.4 is 14.8 Å². The average molecular weight is 396 g/mol. The first-order valence-electron chi connectivity index (χ1n) is 9.83. The lowest BCUT2D eigenvalue weighted by atomic mass is 9.88. The van der Waals surface area contributed by atoms with Gasteiger partial charge >= 0.3 is 6.09 Å². The standard InChI is InChI=1S/C22H24N2O5/c25-21(23-9-11-24-10-4-12-27-22(24)26)14-18(16-5-2-1-3-6-16)17-7-8-19-20(13-17)29-15-28-19/h1-3,5-8,13,18H,4,9-12,14-15H2,(H,23,25)/t18-/m0/s1. The van der Waals surface area contributed by atoms with Crippen LogP contribution in [0.15, 0.2) is 48.5 Å². The summed E-state index contributed by atoms with van der Waals surface area (Å²) in [6, 6.07) is 15.7. The monoisotopic (exact) mass is 396 g/mol. The van der Waals surface area contributed by atoms with E-state index in [0.29, 0.717) is 38.4 Å². The molecule has 0 unspecified atom stereocenters. The van der Waals surface area contributed by atoms with E-state index in [1.54, 1.807) is 4.90 Å². The van der Waals surface area contributed by atoms with Crippen molar-refractivity contribution in [1.82, 2.24) is 10.2 Å². The number of hydrogen-bond donors (Lipinski definition) is 1. The van der Waals surface area contributed by atoms with Crippen LogP contribution in [0.5, 0.6) is 11.5 Å². The Morgan fingerprint density at radius 3 is 2.69 bits per heavy atom. The second-order valence-electron chi connectivity index (χ2n) is 7.09. The molecule has 2 aromatic rings. The average Bonchev–Trinajstić information content (AvgIpc) is 3.22. The zero-order valence-electron chi connectivity index (χ0n) is 16.1. The molecule has 4 rings (SSSR count). The number of nitrogens with zero attached hydrogens (tertiary/aromatic N) is 1. The highest BCUT2D eigenvalue weighted by atomic mass is 16.7. The summed E-state index contributed by atoms with van der Waals surface area (Å²) < 4.78 is 15.9. The maximum absolute atomic E-state index is 12.7. The summed E-state index contributed by atoms with van der Waals surface area (Å²) in [5.74, 6) is 1.25. The molecule has 0 radical (unpaired) electrons. The minimum absolute atomic E-state index is 0.0677. The van der Waals surface area contributed by atoms with Crippen LogP contribution in [0.25, 0.3) is 0 Å². The van der Waals surface area contributed by atoms with Gasteiger partial charge in [0.25, 0.3) is 0 Å². The van der Waals surface area contributed by atoms with Gasteiger partial charge in [-0.3, -0.25) is 4.79 Å². The summed E-state index contributed by atoms with van der Waals surface area (Å²) in [6.45, 7) is 2.20. The summed E-state index contributed by atoms with van der Waals surface area (Å²) in [5, 5.41) is 2.93. The van der Waals surface area contributed by atoms with Gasteiger partial charge in [-0.25, -0.2) is 4.79 Å². The van der Waals surface area contributed by atoms with Gasteiger partial charge in [-0.15, -0.1) is 0 Å². The molecular formula is C22H24N2O5.